The summed E-state index contributed by atoms with van der Waals surface area (Å²) in [6.45, 7) is 4.66. The van der Waals surface area contributed by atoms with Gasteiger partial charge in [0.15, 0.2) is 0 Å². The minimum atomic E-state index is -0.0988. The smallest absolute Gasteiger partial charge is 0.136 e. The average molecular weight is 514 g/mol. The second kappa shape index (κ2) is 8.53. The third kappa shape index (κ3) is 3.39. The lowest BCUT2D eigenvalue weighted by Crippen LogP contribution is -2.14. The summed E-state index contributed by atoms with van der Waals surface area (Å²) in [6, 6.07) is 45.1. The van der Waals surface area contributed by atoms with Crippen molar-refractivity contribution in [3.63, 3.8) is 0 Å². The molecule has 0 fully saturated rings. The zero-order valence-electron chi connectivity index (χ0n) is 22.5. The van der Waals surface area contributed by atoms with Gasteiger partial charge in [-0.25, -0.2) is 4.98 Å². The van der Waals surface area contributed by atoms with Crippen molar-refractivity contribution in [3.8, 4) is 44.8 Å². The maximum Gasteiger partial charge on any atom is 0.136 e. The number of fused-ring (bicyclic) bond motifs is 7. The molecule has 40 heavy (non-hydrogen) atoms. The van der Waals surface area contributed by atoms with Gasteiger partial charge >= 0.3 is 0 Å². The fraction of sp³-hybridized carbons (Fsp3) is 0.0789. The van der Waals surface area contributed by atoms with Crippen LogP contribution in [0.15, 0.2) is 132 Å². The average Bonchev–Trinajstić information content (AvgIpc) is 3.50. The first kappa shape index (κ1) is 23.0. The SMILES string of the molecule is CC1(C)c2ccc(-c3cc(-c4ccccc4)nc(-c4ccccc4)c3)cc2-c2c1ccc1oc3ccccc3c21. The highest BCUT2D eigenvalue weighted by atomic mass is 16.3. The molecule has 0 N–H and O–H groups in total. The monoisotopic (exact) mass is 513 g/mol. The van der Waals surface area contributed by atoms with Crippen LogP contribution in [0.3, 0.4) is 0 Å². The second-order valence-corrected chi connectivity index (χ2v) is 11.2. The van der Waals surface area contributed by atoms with Gasteiger partial charge in [-0.15, -0.1) is 0 Å². The fourth-order valence-corrected chi connectivity index (χ4v) is 6.45. The van der Waals surface area contributed by atoms with Crippen molar-refractivity contribution < 1.29 is 4.42 Å². The molecule has 7 aromatic rings. The summed E-state index contributed by atoms with van der Waals surface area (Å²) < 4.78 is 6.30. The molecule has 5 aromatic carbocycles. The first-order valence-corrected chi connectivity index (χ1v) is 13.8. The van der Waals surface area contributed by atoms with Gasteiger partial charge in [0, 0.05) is 27.3 Å². The van der Waals surface area contributed by atoms with Gasteiger partial charge in [0.05, 0.1) is 11.4 Å². The molecule has 0 saturated carbocycles. The Bertz CT molecular complexity index is 2010. The number of pyridine rings is 1. The number of benzene rings is 5. The number of hydrogen-bond acceptors (Lipinski definition) is 2. The Morgan fingerprint density at radius 1 is 0.525 bits per heavy atom. The Hall–Kier alpha value is -4.95. The highest BCUT2D eigenvalue weighted by Crippen LogP contribution is 2.53. The van der Waals surface area contributed by atoms with Gasteiger partial charge in [-0.05, 0) is 63.7 Å². The third-order valence-electron chi connectivity index (χ3n) is 8.48. The summed E-state index contributed by atoms with van der Waals surface area (Å²) in [5.41, 5.74) is 13.6. The first-order chi connectivity index (χ1) is 19.6. The predicted molar refractivity (Wildman–Crippen MR) is 165 cm³/mol. The summed E-state index contributed by atoms with van der Waals surface area (Å²) in [5, 5.41) is 2.38. The maximum absolute atomic E-state index is 6.30. The molecule has 0 amide bonds. The van der Waals surface area contributed by atoms with E-state index >= 15 is 0 Å². The summed E-state index contributed by atoms with van der Waals surface area (Å²) in [6.07, 6.45) is 0. The van der Waals surface area contributed by atoms with Crippen LogP contribution in [0, 0.1) is 0 Å². The molecule has 2 heterocycles. The minimum absolute atomic E-state index is 0.0988. The fourth-order valence-electron chi connectivity index (χ4n) is 6.45. The van der Waals surface area contributed by atoms with Crippen molar-refractivity contribution in [2.45, 2.75) is 19.3 Å². The van der Waals surface area contributed by atoms with Crippen molar-refractivity contribution in [1.29, 1.82) is 0 Å². The molecule has 0 bridgehead atoms. The number of rotatable bonds is 3. The number of furan rings is 1. The Kier molecular flexibility index (Phi) is 4.90. The van der Waals surface area contributed by atoms with E-state index in [2.05, 4.69) is 123 Å². The Labute approximate surface area is 233 Å². The molecular formula is C38H27NO. The van der Waals surface area contributed by atoms with Crippen molar-refractivity contribution in [1.82, 2.24) is 4.98 Å². The number of nitrogens with zero attached hydrogens (tertiary/aromatic N) is 1. The van der Waals surface area contributed by atoms with Crippen LogP contribution >= 0.6 is 0 Å². The van der Waals surface area contributed by atoms with E-state index in [0.29, 0.717) is 0 Å². The first-order valence-electron chi connectivity index (χ1n) is 13.8. The van der Waals surface area contributed by atoms with Crippen LogP contribution in [0.4, 0.5) is 0 Å². The van der Waals surface area contributed by atoms with Crippen molar-refractivity contribution in [2.75, 3.05) is 0 Å². The number of hydrogen-bond donors (Lipinski definition) is 0. The number of para-hydroxylation sites is 1. The van der Waals surface area contributed by atoms with E-state index in [4.69, 9.17) is 9.40 Å². The van der Waals surface area contributed by atoms with E-state index in [9.17, 15) is 0 Å². The summed E-state index contributed by atoms with van der Waals surface area (Å²) in [5.74, 6) is 0. The molecule has 2 aromatic heterocycles. The van der Waals surface area contributed by atoms with Gasteiger partial charge < -0.3 is 4.42 Å². The zero-order valence-corrected chi connectivity index (χ0v) is 22.5. The van der Waals surface area contributed by atoms with Crippen molar-refractivity contribution in [3.05, 3.63) is 139 Å². The molecule has 1 aliphatic rings. The Morgan fingerprint density at radius 2 is 1.15 bits per heavy atom. The van der Waals surface area contributed by atoms with Crippen molar-refractivity contribution >= 4 is 21.9 Å². The van der Waals surface area contributed by atoms with E-state index in [1.54, 1.807) is 0 Å². The van der Waals surface area contributed by atoms with Gasteiger partial charge in [0.2, 0.25) is 0 Å². The lowest BCUT2D eigenvalue weighted by atomic mass is 9.82. The van der Waals surface area contributed by atoms with Gasteiger partial charge in [-0.2, -0.15) is 0 Å². The predicted octanol–water partition coefficient (Wildman–Crippen LogP) is 10.3. The Morgan fingerprint density at radius 3 is 1.85 bits per heavy atom. The van der Waals surface area contributed by atoms with Gasteiger partial charge in [-0.1, -0.05) is 111 Å². The molecule has 0 spiro atoms. The number of aromatic nitrogens is 1. The van der Waals surface area contributed by atoms with Crippen LogP contribution in [-0.2, 0) is 5.41 Å². The third-order valence-corrected chi connectivity index (χ3v) is 8.48. The Balaban J connectivity index is 1.38. The molecule has 0 atom stereocenters. The summed E-state index contributed by atoms with van der Waals surface area (Å²) in [4.78, 5) is 5.09. The molecule has 0 aliphatic heterocycles. The highest BCUT2D eigenvalue weighted by Gasteiger charge is 2.37. The summed E-state index contributed by atoms with van der Waals surface area (Å²) >= 11 is 0. The maximum atomic E-state index is 6.30. The van der Waals surface area contributed by atoms with Gasteiger partial charge in [0.1, 0.15) is 11.2 Å². The topological polar surface area (TPSA) is 26.0 Å². The van der Waals surface area contributed by atoms with E-state index in [1.165, 1.54) is 38.6 Å². The second-order valence-electron chi connectivity index (χ2n) is 11.2. The van der Waals surface area contributed by atoms with E-state index in [0.717, 1.165) is 39.2 Å². The molecule has 8 rings (SSSR count). The molecule has 1 aliphatic carbocycles. The highest BCUT2D eigenvalue weighted by molar-refractivity contribution is 6.15. The standard InChI is InChI=1S/C38H27NO/c1-38(2)30-18-17-26(21-29(30)36-31(38)19-20-35-37(36)28-15-9-10-16-34(28)40-35)27-22-32(24-11-5-3-6-12-24)39-33(23-27)25-13-7-4-8-14-25/h3-23H,1-2H3. The van der Waals surface area contributed by atoms with Gasteiger partial charge in [-0.3, -0.25) is 0 Å². The van der Waals surface area contributed by atoms with Crippen LogP contribution in [0.25, 0.3) is 66.7 Å². The lowest BCUT2D eigenvalue weighted by Gasteiger charge is -2.21. The van der Waals surface area contributed by atoms with Crippen LogP contribution in [0.2, 0.25) is 0 Å². The molecule has 0 saturated heterocycles. The molecule has 190 valence electrons. The van der Waals surface area contributed by atoms with Crippen LogP contribution < -0.4 is 0 Å². The van der Waals surface area contributed by atoms with E-state index in [1.807, 2.05) is 18.2 Å². The summed E-state index contributed by atoms with van der Waals surface area (Å²) in [7, 11) is 0. The van der Waals surface area contributed by atoms with Gasteiger partial charge in [0.25, 0.3) is 0 Å². The molecule has 2 nitrogen and oxygen atoms in total. The minimum Gasteiger partial charge on any atom is -0.456 e. The van der Waals surface area contributed by atoms with Crippen LogP contribution in [-0.4, -0.2) is 4.98 Å². The van der Waals surface area contributed by atoms with E-state index < -0.39 is 0 Å². The van der Waals surface area contributed by atoms with E-state index in [-0.39, 0.29) is 5.41 Å². The quantitative estimate of drug-likeness (QED) is 0.235. The molecule has 0 unspecified atom stereocenters. The largest absolute Gasteiger partial charge is 0.456 e. The molecular weight excluding hydrogens is 486 g/mol. The molecule has 2 heteroatoms. The normalized spacial score (nSPS) is 13.4. The van der Waals surface area contributed by atoms with Crippen molar-refractivity contribution in [2.24, 2.45) is 0 Å². The van der Waals surface area contributed by atoms with Crippen LogP contribution in [0.5, 0.6) is 0 Å². The molecule has 0 radical (unpaired) electrons. The zero-order chi connectivity index (χ0) is 26.8. The van der Waals surface area contributed by atoms with Crippen LogP contribution in [0.1, 0.15) is 25.0 Å². The lowest BCUT2D eigenvalue weighted by molar-refractivity contribution is 0.656.